The summed E-state index contributed by atoms with van der Waals surface area (Å²) in [7, 11) is 0. The van der Waals surface area contributed by atoms with Gasteiger partial charge in [-0.15, -0.1) is 0 Å². The Morgan fingerprint density at radius 2 is 2.29 bits per heavy atom. The van der Waals surface area contributed by atoms with Crippen LogP contribution in [0.3, 0.4) is 0 Å². The average molecular weight is 254 g/mol. The third-order valence-corrected chi connectivity index (χ3v) is 2.48. The number of nitrogens with one attached hydrogen (secondary N) is 1. The second-order valence-corrected chi connectivity index (χ2v) is 3.80. The molecule has 0 aliphatic heterocycles. The van der Waals surface area contributed by atoms with Gasteiger partial charge in [-0.2, -0.15) is 0 Å². The van der Waals surface area contributed by atoms with Crippen molar-refractivity contribution < 1.29 is 9.53 Å². The molecule has 0 spiro atoms. The molecule has 4 heteroatoms. The molecule has 14 heavy (non-hydrogen) atoms. The van der Waals surface area contributed by atoms with Crippen LogP contribution in [-0.4, -0.2) is 11.0 Å². The van der Waals surface area contributed by atoms with Gasteiger partial charge in [0.2, 0.25) is 0 Å². The van der Waals surface area contributed by atoms with E-state index >= 15 is 0 Å². The van der Waals surface area contributed by atoms with Crippen LogP contribution < -0.4 is 4.74 Å². The monoisotopic (exact) mass is 253 g/mol. The van der Waals surface area contributed by atoms with E-state index in [1.54, 1.807) is 0 Å². The minimum absolute atomic E-state index is 0.319. The molecular weight excluding hydrogens is 246 g/mol. The smallest absolute Gasteiger partial charge is 0.308 e. The zero-order valence-electron chi connectivity index (χ0n) is 7.50. The average Bonchev–Trinajstić information content (AvgIpc) is 2.51. The van der Waals surface area contributed by atoms with Crippen LogP contribution in [0.1, 0.15) is 6.92 Å². The van der Waals surface area contributed by atoms with Crippen molar-refractivity contribution >= 4 is 32.8 Å². The number of carbonyl (C=O) groups is 1. The molecule has 2 aromatic rings. The van der Waals surface area contributed by atoms with Gasteiger partial charge in [-0.1, -0.05) is 0 Å². The number of rotatable bonds is 1. The number of aromatic nitrogens is 1. The Bertz CT molecular complexity index is 490. The first-order valence-corrected chi connectivity index (χ1v) is 4.91. The van der Waals surface area contributed by atoms with Crippen molar-refractivity contribution in [1.82, 2.24) is 4.98 Å². The molecule has 0 amide bonds. The van der Waals surface area contributed by atoms with Crippen LogP contribution in [0.15, 0.2) is 28.9 Å². The van der Waals surface area contributed by atoms with Crippen LogP contribution >= 0.6 is 15.9 Å². The van der Waals surface area contributed by atoms with Crippen LogP contribution in [0.5, 0.6) is 5.75 Å². The Hall–Kier alpha value is -1.29. The minimum atomic E-state index is -0.319. The van der Waals surface area contributed by atoms with Crippen LogP contribution in [0, 0.1) is 0 Å². The van der Waals surface area contributed by atoms with E-state index in [0.717, 1.165) is 15.4 Å². The van der Waals surface area contributed by atoms with E-state index in [1.165, 1.54) is 6.92 Å². The summed E-state index contributed by atoms with van der Waals surface area (Å²) in [5.41, 5.74) is 1.01. The third-order valence-electron chi connectivity index (χ3n) is 1.86. The number of hydrogen-bond acceptors (Lipinski definition) is 2. The first-order chi connectivity index (χ1) is 6.66. The fourth-order valence-electron chi connectivity index (χ4n) is 1.29. The highest BCUT2D eigenvalue weighted by molar-refractivity contribution is 9.10. The van der Waals surface area contributed by atoms with Gasteiger partial charge >= 0.3 is 5.97 Å². The molecule has 0 radical (unpaired) electrons. The number of ether oxygens (including phenoxy) is 1. The molecule has 0 atom stereocenters. The highest BCUT2D eigenvalue weighted by atomic mass is 79.9. The third kappa shape index (κ3) is 1.65. The molecular formula is C10H8BrNO2. The van der Waals surface area contributed by atoms with Gasteiger partial charge in [-0.3, -0.25) is 4.79 Å². The Morgan fingerprint density at radius 3 is 3.00 bits per heavy atom. The summed E-state index contributed by atoms with van der Waals surface area (Å²) in [4.78, 5) is 13.9. The van der Waals surface area contributed by atoms with Crippen molar-refractivity contribution in [2.45, 2.75) is 6.92 Å². The number of esters is 1. The van der Waals surface area contributed by atoms with Crippen molar-refractivity contribution in [3.8, 4) is 5.75 Å². The molecule has 0 aliphatic rings. The van der Waals surface area contributed by atoms with Gasteiger partial charge in [0.1, 0.15) is 5.75 Å². The largest absolute Gasteiger partial charge is 0.425 e. The predicted octanol–water partition coefficient (Wildman–Crippen LogP) is 2.86. The fourth-order valence-corrected chi connectivity index (χ4v) is 1.71. The molecule has 0 aliphatic carbocycles. The number of aromatic amines is 1. The number of benzene rings is 1. The van der Waals surface area contributed by atoms with E-state index < -0.39 is 0 Å². The van der Waals surface area contributed by atoms with Gasteiger partial charge in [-0.05, 0) is 34.1 Å². The zero-order valence-corrected chi connectivity index (χ0v) is 9.09. The van der Waals surface area contributed by atoms with E-state index in [9.17, 15) is 4.79 Å². The van der Waals surface area contributed by atoms with Crippen molar-refractivity contribution in [3.63, 3.8) is 0 Å². The van der Waals surface area contributed by atoms with Gasteiger partial charge in [0.25, 0.3) is 0 Å². The molecule has 0 unspecified atom stereocenters. The van der Waals surface area contributed by atoms with Gasteiger partial charge < -0.3 is 9.72 Å². The second kappa shape index (κ2) is 3.46. The number of fused-ring (bicyclic) bond motifs is 1. The van der Waals surface area contributed by atoms with Crippen LogP contribution in [-0.2, 0) is 4.79 Å². The van der Waals surface area contributed by atoms with Crippen LogP contribution in [0.4, 0.5) is 0 Å². The summed E-state index contributed by atoms with van der Waals surface area (Å²) in [6.45, 7) is 1.38. The Balaban J connectivity index is 2.53. The summed E-state index contributed by atoms with van der Waals surface area (Å²) in [5.74, 6) is 0.227. The first-order valence-electron chi connectivity index (χ1n) is 4.12. The van der Waals surface area contributed by atoms with E-state index in [-0.39, 0.29) is 5.97 Å². The molecule has 0 saturated carbocycles. The van der Waals surface area contributed by atoms with E-state index in [1.807, 2.05) is 24.4 Å². The van der Waals surface area contributed by atoms with Gasteiger partial charge in [0.05, 0.1) is 4.47 Å². The van der Waals surface area contributed by atoms with Crippen molar-refractivity contribution in [2.75, 3.05) is 0 Å². The maximum Gasteiger partial charge on any atom is 0.308 e. The molecule has 2 rings (SSSR count). The SMILES string of the molecule is CC(=O)Oc1cc2cc[nH]c2cc1Br. The standard InChI is InChI=1S/C10H8BrNO2/c1-6(13)14-10-4-7-2-3-12-9(7)5-8(10)11/h2-5,12H,1H3. The lowest BCUT2D eigenvalue weighted by Gasteiger charge is -2.03. The Labute approximate surface area is 89.2 Å². The van der Waals surface area contributed by atoms with Crippen molar-refractivity contribution in [2.24, 2.45) is 0 Å². The summed E-state index contributed by atoms with van der Waals surface area (Å²) < 4.78 is 5.79. The lowest BCUT2D eigenvalue weighted by molar-refractivity contribution is -0.131. The lowest BCUT2D eigenvalue weighted by Crippen LogP contribution is -2.01. The summed E-state index contributed by atoms with van der Waals surface area (Å²) in [5, 5.41) is 1.02. The Morgan fingerprint density at radius 1 is 1.50 bits per heavy atom. The van der Waals surface area contributed by atoms with Gasteiger partial charge in [0.15, 0.2) is 0 Å². The Kier molecular flexibility index (Phi) is 2.29. The van der Waals surface area contributed by atoms with E-state index in [0.29, 0.717) is 5.75 Å². The van der Waals surface area contributed by atoms with Crippen molar-refractivity contribution in [3.05, 3.63) is 28.9 Å². The maximum absolute atomic E-state index is 10.8. The summed E-state index contributed by atoms with van der Waals surface area (Å²) in [6.07, 6.45) is 1.84. The lowest BCUT2D eigenvalue weighted by atomic mass is 10.2. The summed E-state index contributed by atoms with van der Waals surface area (Å²) >= 11 is 3.33. The molecule has 1 N–H and O–H groups in total. The number of halogens is 1. The molecule has 0 fully saturated rings. The fraction of sp³-hybridized carbons (Fsp3) is 0.100. The number of carbonyl (C=O) groups excluding carboxylic acids is 1. The number of hydrogen-bond donors (Lipinski definition) is 1. The molecule has 0 saturated heterocycles. The van der Waals surface area contributed by atoms with E-state index in [4.69, 9.17) is 4.74 Å². The quantitative estimate of drug-likeness (QED) is 0.628. The van der Waals surface area contributed by atoms with Gasteiger partial charge in [-0.25, -0.2) is 0 Å². The summed E-state index contributed by atoms with van der Waals surface area (Å²) in [6, 6.07) is 5.62. The molecule has 3 nitrogen and oxygen atoms in total. The van der Waals surface area contributed by atoms with Crippen molar-refractivity contribution in [1.29, 1.82) is 0 Å². The van der Waals surface area contributed by atoms with Crippen LogP contribution in [0.25, 0.3) is 10.9 Å². The molecule has 1 aromatic carbocycles. The number of H-pyrrole nitrogens is 1. The second-order valence-electron chi connectivity index (χ2n) is 2.94. The van der Waals surface area contributed by atoms with E-state index in [2.05, 4.69) is 20.9 Å². The maximum atomic E-state index is 10.8. The van der Waals surface area contributed by atoms with Gasteiger partial charge in [0, 0.05) is 24.0 Å². The zero-order chi connectivity index (χ0) is 10.1. The molecule has 0 bridgehead atoms. The molecule has 1 aromatic heterocycles. The highest BCUT2D eigenvalue weighted by Crippen LogP contribution is 2.29. The minimum Gasteiger partial charge on any atom is -0.425 e. The molecule has 1 heterocycles. The highest BCUT2D eigenvalue weighted by Gasteiger charge is 2.06. The predicted molar refractivity (Wildman–Crippen MR) is 57.3 cm³/mol. The first kappa shape index (κ1) is 9.27. The molecule has 72 valence electrons. The normalized spacial score (nSPS) is 10.4. The van der Waals surface area contributed by atoms with Crippen LogP contribution in [0.2, 0.25) is 0 Å². The topological polar surface area (TPSA) is 42.1 Å².